The lowest BCUT2D eigenvalue weighted by Gasteiger charge is -2.13. The van der Waals surface area contributed by atoms with E-state index in [2.05, 4.69) is 4.72 Å². The first-order valence-electron chi connectivity index (χ1n) is 10.9. The van der Waals surface area contributed by atoms with E-state index in [1.54, 1.807) is 39.2 Å². The third-order valence-electron chi connectivity index (χ3n) is 5.61. The van der Waals surface area contributed by atoms with Crippen molar-refractivity contribution in [2.24, 2.45) is 0 Å². The van der Waals surface area contributed by atoms with Crippen molar-refractivity contribution in [3.8, 4) is 6.07 Å². The second-order valence-electron chi connectivity index (χ2n) is 8.80. The standard InChI is InChI=1S/C24H23FN4O5S2/c1-15-4-6-19(7-5-15)36(33,34)29-22-12-21(27-35(31,32)18-8-9-18)20(25)10-16(22)11-23(29)24(30)17(13-26)14-28(2)3/h4-7,10-12,14,18,27H,8-9H2,1-3H3/b17-14+. The molecule has 3 aromatic rings. The number of benzene rings is 2. The first kappa shape index (κ1) is 25.4. The molecule has 1 heterocycles. The number of fused-ring (bicyclic) bond motifs is 1. The van der Waals surface area contributed by atoms with Gasteiger partial charge in [-0.25, -0.2) is 25.2 Å². The van der Waals surface area contributed by atoms with E-state index >= 15 is 0 Å². The van der Waals surface area contributed by atoms with Gasteiger partial charge in [0.15, 0.2) is 0 Å². The van der Waals surface area contributed by atoms with Gasteiger partial charge in [0.1, 0.15) is 23.2 Å². The fraction of sp³-hybridized carbons (Fsp3) is 0.250. The minimum Gasteiger partial charge on any atom is -0.382 e. The molecule has 36 heavy (non-hydrogen) atoms. The number of anilines is 1. The van der Waals surface area contributed by atoms with Crippen molar-refractivity contribution >= 4 is 42.4 Å². The highest BCUT2D eigenvalue weighted by atomic mass is 32.2. The highest BCUT2D eigenvalue weighted by Crippen LogP contribution is 2.34. The van der Waals surface area contributed by atoms with E-state index in [4.69, 9.17) is 0 Å². The van der Waals surface area contributed by atoms with E-state index in [1.165, 1.54) is 29.3 Å². The molecule has 0 bridgehead atoms. The molecule has 4 rings (SSSR count). The van der Waals surface area contributed by atoms with Gasteiger partial charge in [-0.2, -0.15) is 5.26 Å². The number of aryl methyl sites for hydroxylation is 1. The van der Waals surface area contributed by atoms with Gasteiger partial charge in [0, 0.05) is 25.7 Å². The largest absolute Gasteiger partial charge is 0.382 e. The zero-order valence-corrected chi connectivity index (χ0v) is 21.3. The summed E-state index contributed by atoms with van der Waals surface area (Å²) < 4.78 is 70.2. The molecule has 0 saturated heterocycles. The van der Waals surface area contributed by atoms with Crippen molar-refractivity contribution in [1.29, 1.82) is 5.26 Å². The number of allylic oxidation sites excluding steroid dienone is 1. The molecule has 0 spiro atoms. The number of aromatic nitrogens is 1. The fourth-order valence-corrected chi connectivity index (χ4v) is 6.55. The van der Waals surface area contributed by atoms with Gasteiger partial charge in [-0.15, -0.1) is 0 Å². The molecule has 9 nitrogen and oxygen atoms in total. The van der Waals surface area contributed by atoms with E-state index in [-0.39, 0.29) is 27.1 Å². The van der Waals surface area contributed by atoms with Crippen LogP contribution in [0.4, 0.5) is 10.1 Å². The second kappa shape index (κ2) is 9.07. The van der Waals surface area contributed by atoms with Crippen LogP contribution in [-0.4, -0.2) is 50.8 Å². The molecule has 1 aliphatic carbocycles. The van der Waals surface area contributed by atoms with Crippen molar-refractivity contribution in [2.45, 2.75) is 29.9 Å². The number of hydrogen-bond donors (Lipinski definition) is 1. The summed E-state index contributed by atoms with van der Waals surface area (Å²) >= 11 is 0. The van der Waals surface area contributed by atoms with Crippen molar-refractivity contribution in [3.63, 3.8) is 0 Å². The van der Waals surface area contributed by atoms with Crippen molar-refractivity contribution in [3.05, 3.63) is 71.3 Å². The number of nitrogens with zero attached hydrogens (tertiary/aromatic N) is 3. The summed E-state index contributed by atoms with van der Waals surface area (Å²) in [5, 5.41) is 8.94. The normalized spacial score (nSPS) is 14.5. The number of nitriles is 1. The van der Waals surface area contributed by atoms with Gasteiger partial charge in [0.05, 0.1) is 21.3 Å². The molecule has 188 valence electrons. The lowest BCUT2D eigenvalue weighted by atomic mass is 10.1. The Balaban J connectivity index is 2.00. The zero-order chi connectivity index (χ0) is 26.4. The number of nitrogens with one attached hydrogen (secondary N) is 1. The third kappa shape index (κ3) is 4.72. The Morgan fingerprint density at radius 2 is 1.78 bits per heavy atom. The number of sulfonamides is 1. The van der Waals surface area contributed by atoms with Crippen molar-refractivity contribution in [2.75, 3.05) is 18.8 Å². The summed E-state index contributed by atoms with van der Waals surface area (Å²) in [6.45, 7) is 1.78. The molecule has 0 unspecified atom stereocenters. The van der Waals surface area contributed by atoms with Crippen LogP contribution in [0.3, 0.4) is 0 Å². The number of carbonyl (C=O) groups excluding carboxylic acids is 1. The number of rotatable bonds is 8. The minimum absolute atomic E-state index is 0.0445. The van der Waals surface area contributed by atoms with Crippen LogP contribution in [0, 0.1) is 24.1 Å². The van der Waals surface area contributed by atoms with Gasteiger partial charge in [-0.05, 0) is 50.1 Å². The average Bonchev–Trinajstić information content (AvgIpc) is 3.60. The quantitative estimate of drug-likeness (QED) is 0.268. The van der Waals surface area contributed by atoms with E-state index in [1.807, 2.05) is 0 Å². The Kier molecular flexibility index (Phi) is 6.40. The number of Topliss-reactive ketones (excluding diaryl/α,β-unsaturated/α-hetero) is 1. The summed E-state index contributed by atoms with van der Waals surface area (Å²) in [6, 6.07) is 10.9. The molecular formula is C24H23FN4O5S2. The maximum atomic E-state index is 14.9. The molecule has 0 amide bonds. The zero-order valence-electron chi connectivity index (χ0n) is 19.7. The number of halogens is 1. The molecule has 12 heteroatoms. The smallest absolute Gasteiger partial charge is 0.268 e. The SMILES string of the molecule is Cc1ccc(S(=O)(=O)n2c(C(=O)/C(C#N)=C/N(C)C)cc3cc(F)c(NS(=O)(=O)C4CC4)cc32)cc1. The van der Waals surface area contributed by atoms with Crippen LogP contribution < -0.4 is 4.72 Å². The summed E-state index contributed by atoms with van der Waals surface area (Å²) in [7, 11) is -5.08. The van der Waals surface area contributed by atoms with Gasteiger partial charge in [0.2, 0.25) is 15.8 Å². The minimum atomic E-state index is -4.42. The molecule has 0 atom stereocenters. The molecule has 1 saturated carbocycles. The van der Waals surface area contributed by atoms with Crippen LogP contribution in [0.15, 0.2) is 59.1 Å². The van der Waals surface area contributed by atoms with Crippen LogP contribution in [0.2, 0.25) is 0 Å². The summed E-state index contributed by atoms with van der Waals surface area (Å²) in [5.41, 5.74) is -0.464. The molecule has 0 radical (unpaired) electrons. The van der Waals surface area contributed by atoms with Gasteiger partial charge >= 0.3 is 0 Å². The Morgan fingerprint density at radius 3 is 2.33 bits per heavy atom. The molecular weight excluding hydrogens is 507 g/mol. The first-order valence-corrected chi connectivity index (χ1v) is 13.9. The van der Waals surface area contributed by atoms with Crippen LogP contribution in [0.1, 0.15) is 28.9 Å². The maximum Gasteiger partial charge on any atom is 0.268 e. The average molecular weight is 531 g/mol. The molecule has 1 aliphatic rings. The Bertz CT molecular complexity index is 1660. The molecule has 1 N–H and O–H groups in total. The Morgan fingerprint density at radius 1 is 1.14 bits per heavy atom. The van der Waals surface area contributed by atoms with E-state index in [9.17, 15) is 31.3 Å². The first-order chi connectivity index (χ1) is 16.8. The van der Waals surface area contributed by atoms with E-state index in [0.29, 0.717) is 12.8 Å². The molecule has 2 aromatic carbocycles. The van der Waals surface area contributed by atoms with Crippen LogP contribution in [0.25, 0.3) is 10.9 Å². The highest BCUT2D eigenvalue weighted by molar-refractivity contribution is 7.93. The van der Waals surface area contributed by atoms with Crippen LogP contribution >= 0.6 is 0 Å². The lowest BCUT2D eigenvalue weighted by Crippen LogP contribution is -2.20. The topological polar surface area (TPSA) is 129 Å². The number of carbonyl (C=O) groups is 1. The van der Waals surface area contributed by atoms with Crippen molar-refractivity contribution < 1.29 is 26.0 Å². The van der Waals surface area contributed by atoms with E-state index < -0.39 is 42.6 Å². The molecule has 1 aromatic heterocycles. The van der Waals surface area contributed by atoms with Gasteiger partial charge < -0.3 is 4.90 Å². The Hall–Kier alpha value is -3.69. The fourth-order valence-electron chi connectivity index (χ4n) is 3.66. The van der Waals surface area contributed by atoms with Gasteiger partial charge in [-0.3, -0.25) is 9.52 Å². The number of hydrogen-bond acceptors (Lipinski definition) is 7. The predicted molar refractivity (Wildman–Crippen MR) is 133 cm³/mol. The van der Waals surface area contributed by atoms with Crippen LogP contribution in [-0.2, 0) is 20.0 Å². The monoisotopic (exact) mass is 530 g/mol. The summed E-state index contributed by atoms with van der Waals surface area (Å²) in [5.74, 6) is -1.82. The highest BCUT2D eigenvalue weighted by Gasteiger charge is 2.36. The lowest BCUT2D eigenvalue weighted by molar-refractivity contribution is 0.103. The second-order valence-corrected chi connectivity index (χ2v) is 12.5. The third-order valence-corrected chi connectivity index (χ3v) is 9.20. The Labute approximate surface area is 208 Å². The number of ketones is 1. The maximum absolute atomic E-state index is 14.9. The predicted octanol–water partition coefficient (Wildman–Crippen LogP) is 3.38. The van der Waals surface area contributed by atoms with Crippen LogP contribution in [0.5, 0.6) is 0 Å². The van der Waals surface area contributed by atoms with Gasteiger partial charge in [-0.1, -0.05) is 17.7 Å². The molecule has 1 fully saturated rings. The molecule has 0 aliphatic heterocycles. The van der Waals surface area contributed by atoms with Crippen molar-refractivity contribution in [1.82, 2.24) is 8.87 Å². The summed E-state index contributed by atoms with van der Waals surface area (Å²) in [4.78, 5) is 14.6. The summed E-state index contributed by atoms with van der Waals surface area (Å²) in [6.07, 6.45) is 2.15. The van der Waals surface area contributed by atoms with E-state index in [0.717, 1.165) is 21.7 Å². The van der Waals surface area contributed by atoms with Gasteiger partial charge in [0.25, 0.3) is 10.0 Å².